The highest BCUT2D eigenvalue weighted by Gasteiger charge is 2.10. The van der Waals surface area contributed by atoms with E-state index in [1.807, 2.05) is 0 Å². The van der Waals surface area contributed by atoms with Crippen molar-refractivity contribution < 1.29 is 6.17 Å². The van der Waals surface area contributed by atoms with Gasteiger partial charge in [-0.25, -0.2) is 0 Å². The highest BCUT2D eigenvalue weighted by molar-refractivity contribution is 6.33. The van der Waals surface area contributed by atoms with Gasteiger partial charge in [-0.2, -0.15) is 4.80 Å². The van der Waals surface area contributed by atoms with Crippen LogP contribution in [-0.2, 0) is 6.54 Å². The summed E-state index contributed by atoms with van der Waals surface area (Å²) in [7, 11) is 0. The van der Waals surface area contributed by atoms with Crippen molar-refractivity contribution in [1.29, 1.82) is 0 Å². The Bertz CT molecular complexity index is 514. The first-order chi connectivity index (χ1) is 7.66. The first kappa shape index (κ1) is 8.55. The molecular weight excluding hydrogens is 216 g/mol. The van der Waals surface area contributed by atoms with Gasteiger partial charge in [0.25, 0.3) is 0 Å². The Morgan fingerprint density at radius 1 is 1.60 bits per heavy atom. The molecule has 0 saturated heterocycles. The van der Waals surface area contributed by atoms with Gasteiger partial charge in [-0.1, -0.05) is 23.7 Å². The molecule has 0 bridgehead atoms. The van der Waals surface area contributed by atoms with Crippen LogP contribution in [0.4, 0.5) is 0 Å². The van der Waals surface area contributed by atoms with E-state index in [0.717, 1.165) is 0 Å². The van der Waals surface area contributed by atoms with E-state index in [-0.39, 0.29) is 23.4 Å². The number of tetrazole rings is 1. The number of hydrogen-bond donors (Lipinski definition) is 0. The fraction of sp³-hybridized carbons (Fsp3) is 0.111. The highest BCUT2D eigenvalue weighted by atomic mass is 35.5. The van der Waals surface area contributed by atoms with Crippen molar-refractivity contribution in [2.75, 3.05) is 0 Å². The van der Waals surface area contributed by atoms with Crippen LogP contribution in [0.25, 0.3) is 0 Å². The molecule has 0 atom stereocenters. The van der Waals surface area contributed by atoms with Gasteiger partial charge in [0.1, 0.15) is 6.54 Å². The fourth-order valence-electron chi connectivity index (χ4n) is 1.11. The van der Waals surface area contributed by atoms with E-state index in [4.69, 9.17) is 13.0 Å². The van der Waals surface area contributed by atoms with Gasteiger partial charge in [0, 0.05) is 5.56 Å². The Hall–Kier alpha value is -1.75. The number of nitrogens with zero attached hydrogens (tertiary/aromatic N) is 4. The van der Waals surface area contributed by atoms with Crippen molar-refractivity contribution in [2.45, 2.75) is 6.54 Å². The molecule has 0 fully saturated rings. The molecule has 1 aromatic carbocycles. The third-order valence-electron chi connectivity index (χ3n) is 1.79. The topological polar surface area (TPSA) is 60.7 Å². The van der Waals surface area contributed by atoms with Crippen LogP contribution in [0, 0.1) is 0 Å². The number of benzene rings is 1. The lowest BCUT2D eigenvalue weighted by atomic mass is 10.1. The van der Waals surface area contributed by atoms with Crippen LogP contribution >= 0.6 is 11.6 Å². The van der Waals surface area contributed by atoms with Crippen molar-refractivity contribution in [1.82, 2.24) is 20.2 Å². The molecule has 15 heavy (non-hydrogen) atoms. The minimum absolute atomic E-state index is 0.0168. The van der Waals surface area contributed by atoms with Gasteiger partial charge in [0.2, 0.25) is 0 Å². The second-order valence-electron chi connectivity index (χ2n) is 2.80. The lowest BCUT2D eigenvalue weighted by Gasteiger charge is -2.01. The number of halogens is 1. The summed E-state index contributed by atoms with van der Waals surface area (Å²) in [5, 5.41) is 11.1. The number of carbonyl (C=O) groups excluding carboxylic acids is 1. The smallest absolute Gasteiger partial charge is 0.187 e. The molecule has 0 spiro atoms. The number of Topliss-reactive ketones (excluding diaryl/α,β-unsaturated/α-hetero) is 1. The van der Waals surface area contributed by atoms with Gasteiger partial charge in [-0.15, -0.1) is 10.2 Å². The number of carbonyl (C=O) groups is 1. The zero-order chi connectivity index (χ0) is 11.5. The maximum Gasteiger partial charge on any atom is 0.187 e. The average molecular weight is 224 g/mol. The van der Waals surface area contributed by atoms with E-state index in [2.05, 4.69) is 15.4 Å². The summed E-state index contributed by atoms with van der Waals surface area (Å²) in [4.78, 5) is 12.9. The minimum atomic E-state index is -0.219. The van der Waals surface area contributed by atoms with Gasteiger partial charge in [-0.05, 0) is 17.3 Å². The van der Waals surface area contributed by atoms with E-state index in [1.54, 1.807) is 0 Å². The van der Waals surface area contributed by atoms with Crippen LogP contribution in [0.2, 0.25) is 5.02 Å². The van der Waals surface area contributed by atoms with Crippen molar-refractivity contribution in [2.24, 2.45) is 0 Å². The SMILES string of the molecule is [2H]c1ccc(C(=O)Cn2ncnn2)c(Cl)c1. The fourth-order valence-corrected chi connectivity index (χ4v) is 1.34. The van der Waals surface area contributed by atoms with Crippen LogP contribution in [-0.4, -0.2) is 26.0 Å². The molecule has 1 aromatic heterocycles. The first-order valence-electron chi connectivity index (χ1n) is 4.67. The maximum atomic E-state index is 11.8. The van der Waals surface area contributed by atoms with Crippen LogP contribution in [0.15, 0.2) is 30.6 Å². The molecule has 2 rings (SSSR count). The number of aromatic nitrogens is 4. The van der Waals surface area contributed by atoms with E-state index < -0.39 is 0 Å². The van der Waals surface area contributed by atoms with Crippen molar-refractivity contribution in [3.63, 3.8) is 0 Å². The summed E-state index contributed by atoms with van der Waals surface area (Å²) in [6.07, 6.45) is 1.25. The lowest BCUT2D eigenvalue weighted by Crippen LogP contribution is -2.13. The zero-order valence-corrected chi connectivity index (χ0v) is 8.35. The quantitative estimate of drug-likeness (QED) is 0.734. The lowest BCUT2D eigenvalue weighted by molar-refractivity contribution is 0.0961. The van der Waals surface area contributed by atoms with Crippen LogP contribution in [0.3, 0.4) is 0 Å². The molecule has 6 heteroatoms. The molecule has 2 aromatic rings. The summed E-state index contributed by atoms with van der Waals surface area (Å²) in [5.74, 6) is -0.219. The van der Waals surface area contributed by atoms with Crippen LogP contribution < -0.4 is 0 Å². The standard InChI is InChI=1S/C9H7ClN4O/c10-8-4-2-1-3-7(8)9(15)5-14-12-6-11-13-14/h1-4,6H,5H2/i2D. The largest absolute Gasteiger partial charge is 0.292 e. The molecule has 0 unspecified atom stereocenters. The molecule has 5 nitrogen and oxygen atoms in total. The molecule has 0 aliphatic rings. The van der Waals surface area contributed by atoms with Gasteiger partial charge in [0.15, 0.2) is 12.1 Å². The van der Waals surface area contributed by atoms with Crippen molar-refractivity contribution >= 4 is 17.4 Å². The number of rotatable bonds is 3. The summed E-state index contributed by atoms with van der Waals surface area (Å²) in [6, 6.07) is 4.71. The molecule has 76 valence electrons. The minimum Gasteiger partial charge on any atom is -0.292 e. The molecule has 1 heterocycles. The number of ketones is 1. The Balaban J connectivity index is 2.21. The molecule has 0 radical (unpaired) electrons. The predicted molar refractivity (Wildman–Crippen MR) is 53.6 cm³/mol. The third kappa shape index (κ3) is 2.19. The monoisotopic (exact) mass is 223 g/mol. The zero-order valence-electron chi connectivity index (χ0n) is 8.59. The molecule has 0 aliphatic heterocycles. The van der Waals surface area contributed by atoms with Crippen LogP contribution in [0.1, 0.15) is 11.7 Å². The summed E-state index contributed by atoms with van der Waals surface area (Å²) in [6.45, 7) is -0.0168. The summed E-state index contributed by atoms with van der Waals surface area (Å²) in [5.41, 5.74) is 0.356. The Morgan fingerprint density at radius 3 is 3.13 bits per heavy atom. The second-order valence-corrected chi connectivity index (χ2v) is 3.20. The average Bonchev–Trinajstić information content (AvgIpc) is 2.70. The second kappa shape index (κ2) is 4.18. The van der Waals surface area contributed by atoms with E-state index in [9.17, 15) is 4.79 Å². The van der Waals surface area contributed by atoms with Crippen molar-refractivity contribution in [3.8, 4) is 0 Å². The molecule has 0 amide bonds. The summed E-state index contributed by atoms with van der Waals surface area (Å²) >= 11 is 5.86. The van der Waals surface area contributed by atoms with E-state index >= 15 is 0 Å². The summed E-state index contributed by atoms with van der Waals surface area (Å²) < 4.78 is 7.33. The molecular formula is C9H7ClN4O. The highest BCUT2D eigenvalue weighted by Crippen LogP contribution is 2.15. The third-order valence-corrected chi connectivity index (χ3v) is 2.10. The van der Waals surface area contributed by atoms with Gasteiger partial charge < -0.3 is 0 Å². The Morgan fingerprint density at radius 2 is 2.47 bits per heavy atom. The van der Waals surface area contributed by atoms with Gasteiger partial charge in [0.05, 0.1) is 6.39 Å². The molecule has 0 N–H and O–H groups in total. The maximum absolute atomic E-state index is 11.8. The molecule has 0 saturated carbocycles. The van der Waals surface area contributed by atoms with Crippen molar-refractivity contribution in [3.05, 3.63) is 41.2 Å². The normalized spacial score (nSPS) is 11.1. The first-order valence-corrected chi connectivity index (χ1v) is 4.55. The Kier molecular flexibility index (Phi) is 2.38. The van der Waals surface area contributed by atoms with E-state index in [1.165, 1.54) is 29.3 Å². The van der Waals surface area contributed by atoms with Gasteiger partial charge in [-0.3, -0.25) is 4.79 Å². The van der Waals surface area contributed by atoms with Crippen LogP contribution in [0.5, 0.6) is 0 Å². The van der Waals surface area contributed by atoms with E-state index in [0.29, 0.717) is 5.56 Å². The predicted octanol–water partition coefficient (Wildman–Crippen LogP) is 1.21. The van der Waals surface area contributed by atoms with Gasteiger partial charge >= 0.3 is 0 Å². The Labute approximate surface area is 92.1 Å². The molecule has 0 aliphatic carbocycles. The number of hydrogen-bond acceptors (Lipinski definition) is 4.